The molecule has 0 fully saturated rings. The van der Waals surface area contributed by atoms with Gasteiger partial charge in [-0.05, 0) is 79.5 Å². The van der Waals surface area contributed by atoms with Crippen LogP contribution in [0.2, 0.25) is 0 Å². The third kappa shape index (κ3) is 20.4. The Hall–Kier alpha value is -7.63. The molecule has 7 N–H and O–H groups in total. The van der Waals surface area contributed by atoms with Gasteiger partial charge in [-0.2, -0.15) is 0 Å². The van der Waals surface area contributed by atoms with E-state index in [1.807, 2.05) is 13.8 Å². The Kier molecular flexibility index (Phi) is 22.8. The fourth-order valence-electron chi connectivity index (χ4n) is 7.05. The molecular weight excluding hydrogens is 887 g/mol. The fourth-order valence-corrected chi connectivity index (χ4v) is 7.05. The summed E-state index contributed by atoms with van der Waals surface area (Å²) < 4.78 is 15.6. The minimum atomic E-state index is -0.827. The second kappa shape index (κ2) is 29.2. The summed E-state index contributed by atoms with van der Waals surface area (Å²) in [6.45, 7) is 6.06. The average molecular weight is 950 g/mol. The Bertz CT molecular complexity index is 2320. The number of nitrogens with one attached hydrogen (secondary N) is 5. The van der Waals surface area contributed by atoms with Gasteiger partial charge in [0.15, 0.2) is 11.6 Å². The van der Waals surface area contributed by atoms with Gasteiger partial charge in [0.1, 0.15) is 13.2 Å². The molecule has 69 heavy (non-hydrogen) atoms. The molecule has 0 radical (unpaired) electrons. The second-order valence-electron chi connectivity index (χ2n) is 16.6. The van der Waals surface area contributed by atoms with Crippen molar-refractivity contribution in [2.24, 2.45) is 17.6 Å². The highest BCUT2D eigenvalue weighted by Crippen LogP contribution is 2.22. The normalized spacial score (nSPS) is 11.6. The Morgan fingerprint density at radius 1 is 0.696 bits per heavy atom. The van der Waals surface area contributed by atoms with E-state index in [2.05, 4.69) is 31.6 Å². The molecule has 1 aromatic heterocycles. The van der Waals surface area contributed by atoms with Gasteiger partial charge in [0.2, 0.25) is 11.8 Å². The first-order valence-corrected chi connectivity index (χ1v) is 23.0. The van der Waals surface area contributed by atoms with Gasteiger partial charge in [0.05, 0.1) is 12.6 Å². The van der Waals surface area contributed by atoms with E-state index in [1.165, 1.54) is 0 Å². The van der Waals surface area contributed by atoms with Crippen LogP contribution in [0.3, 0.4) is 0 Å². The molecule has 0 aliphatic heterocycles. The van der Waals surface area contributed by atoms with Crippen LogP contribution in [0, 0.1) is 11.8 Å². The van der Waals surface area contributed by atoms with Crippen molar-refractivity contribution in [1.29, 1.82) is 0 Å². The van der Waals surface area contributed by atoms with Crippen LogP contribution in [0.5, 0.6) is 0 Å². The van der Waals surface area contributed by atoms with Crippen molar-refractivity contribution in [3.05, 3.63) is 125 Å². The number of unbranched alkanes of at least 4 members (excludes halogenated alkanes) is 2. The lowest BCUT2D eigenvalue weighted by atomic mass is 9.89. The topological polar surface area (TPSA) is 263 Å². The molecule has 0 saturated carbocycles. The zero-order chi connectivity index (χ0) is 50.0. The van der Waals surface area contributed by atoms with E-state index in [1.54, 1.807) is 104 Å². The molecule has 3 aromatic carbocycles. The van der Waals surface area contributed by atoms with Gasteiger partial charge in [-0.3, -0.25) is 34.3 Å². The molecule has 18 nitrogen and oxygen atoms in total. The number of ether oxygens (including phenoxy) is 3. The van der Waals surface area contributed by atoms with Gasteiger partial charge < -0.3 is 41.2 Å². The third-order valence-electron chi connectivity index (χ3n) is 10.8. The summed E-state index contributed by atoms with van der Waals surface area (Å²) in [6.07, 6.45) is 4.59. The summed E-state index contributed by atoms with van der Waals surface area (Å²) in [4.78, 5) is 105. The van der Waals surface area contributed by atoms with Gasteiger partial charge in [0, 0.05) is 79.6 Å². The number of nitrogens with zero attached hydrogens (tertiary/aromatic N) is 1. The number of hydrogen-bond donors (Lipinski definition) is 6. The molecule has 0 bridgehead atoms. The molecule has 0 aliphatic carbocycles. The van der Waals surface area contributed by atoms with Crippen molar-refractivity contribution in [2.45, 2.75) is 104 Å². The number of aromatic nitrogens is 1. The lowest BCUT2D eigenvalue weighted by Gasteiger charge is -2.24. The van der Waals surface area contributed by atoms with Crippen molar-refractivity contribution in [2.75, 3.05) is 23.8 Å². The maximum Gasteiger partial charge on any atom is 0.411 e. The molecule has 0 spiro atoms. The van der Waals surface area contributed by atoms with Gasteiger partial charge >= 0.3 is 24.2 Å². The maximum absolute atomic E-state index is 13.6. The number of carbonyl (C=O) groups excluding carboxylic acids is 8. The van der Waals surface area contributed by atoms with E-state index < -0.39 is 36.1 Å². The van der Waals surface area contributed by atoms with E-state index in [9.17, 15) is 38.4 Å². The zero-order valence-corrected chi connectivity index (χ0v) is 39.4. The van der Waals surface area contributed by atoms with Crippen LogP contribution >= 0.6 is 0 Å². The number of amides is 6. The number of anilines is 2. The summed E-state index contributed by atoms with van der Waals surface area (Å²) in [5, 5.41) is 13.6. The van der Waals surface area contributed by atoms with Crippen LogP contribution in [0.25, 0.3) is 0 Å². The van der Waals surface area contributed by atoms with Crippen LogP contribution < -0.4 is 32.3 Å². The number of nitrogens with two attached hydrogens (primary N) is 1. The van der Waals surface area contributed by atoms with Crippen LogP contribution in [0.1, 0.15) is 105 Å². The van der Waals surface area contributed by atoms with Gasteiger partial charge in [0.25, 0.3) is 0 Å². The Morgan fingerprint density at radius 2 is 1.39 bits per heavy atom. The van der Waals surface area contributed by atoms with E-state index in [0.717, 1.165) is 11.1 Å². The Morgan fingerprint density at radius 3 is 2.09 bits per heavy atom. The van der Waals surface area contributed by atoms with Crippen molar-refractivity contribution in [1.82, 2.24) is 20.9 Å². The predicted octanol–water partition coefficient (Wildman–Crippen LogP) is 7.30. The van der Waals surface area contributed by atoms with Crippen LogP contribution in [0.4, 0.5) is 25.8 Å². The summed E-state index contributed by atoms with van der Waals surface area (Å²) in [5.74, 6) is -2.55. The van der Waals surface area contributed by atoms with E-state index in [4.69, 9.17) is 19.9 Å². The van der Waals surface area contributed by atoms with Crippen LogP contribution in [-0.4, -0.2) is 71.7 Å². The summed E-state index contributed by atoms with van der Waals surface area (Å²) in [7, 11) is 0. The van der Waals surface area contributed by atoms with Gasteiger partial charge in [-0.15, -0.1) is 0 Å². The lowest BCUT2D eigenvalue weighted by Crippen LogP contribution is -2.45. The molecule has 4 aromatic rings. The maximum atomic E-state index is 13.6. The first kappa shape index (κ1) is 54.0. The molecule has 18 heteroatoms. The zero-order valence-electron chi connectivity index (χ0n) is 39.4. The molecule has 368 valence electrons. The molecule has 4 rings (SSSR count). The average Bonchev–Trinajstić information content (AvgIpc) is 3.33. The molecule has 6 amide bonds. The molecule has 0 aliphatic rings. The number of carbonyl (C=O) groups is 8. The number of para-hydroxylation sites is 1. The molecule has 0 unspecified atom stereocenters. The minimum absolute atomic E-state index is 0.00203. The quantitative estimate of drug-likeness (QED) is 0.0142. The first-order valence-electron chi connectivity index (χ1n) is 23.0. The van der Waals surface area contributed by atoms with Crippen molar-refractivity contribution in [3.63, 3.8) is 0 Å². The molecular formula is C51H63N7O11. The smallest absolute Gasteiger partial charge is 0.411 e. The number of esters is 1. The van der Waals surface area contributed by atoms with E-state index in [0.29, 0.717) is 60.4 Å². The number of pyridine rings is 1. The standard InChI is InChI=1S/C51H63N7O11/c1-4-67-46(62)17-7-5-6-16-45(61)58-47(34(2)3)44(60)29-40(14-11-27-54-49(52)64)48(63)56-41-24-20-36(21-25-41)32-69-51(66)57-42-15-9-8-13-39(42)28-43(59)38-22-18-35(19-23-38)31-55-50(65)68-33-37-12-10-26-53-30-37/h8-10,12-13,15,18-26,30,34,40,47H,4-7,11,14,16-17,27-29,31-33H2,1-3H3,(H,55,65)(H,56,63)(H,57,66)(H,58,61)(H3,52,54,64)/t40-,47+/m1/s1. The minimum Gasteiger partial charge on any atom is -0.466 e. The number of primary amides is 1. The van der Waals surface area contributed by atoms with E-state index in [-0.39, 0.29) is 87.8 Å². The predicted molar refractivity (Wildman–Crippen MR) is 257 cm³/mol. The number of urea groups is 1. The highest BCUT2D eigenvalue weighted by Gasteiger charge is 2.29. The van der Waals surface area contributed by atoms with Crippen molar-refractivity contribution >= 4 is 58.9 Å². The molecule has 1 heterocycles. The Balaban J connectivity index is 1.25. The van der Waals surface area contributed by atoms with Crippen molar-refractivity contribution in [3.8, 4) is 0 Å². The highest BCUT2D eigenvalue weighted by molar-refractivity contribution is 5.99. The van der Waals surface area contributed by atoms with Crippen LogP contribution in [0.15, 0.2) is 97.3 Å². The summed E-state index contributed by atoms with van der Waals surface area (Å²) >= 11 is 0. The summed E-state index contributed by atoms with van der Waals surface area (Å²) in [5.41, 5.74) is 9.21. The molecule has 0 saturated heterocycles. The third-order valence-corrected chi connectivity index (χ3v) is 10.8. The van der Waals surface area contributed by atoms with Gasteiger partial charge in [-0.1, -0.05) is 80.9 Å². The highest BCUT2D eigenvalue weighted by atomic mass is 16.6. The van der Waals surface area contributed by atoms with Crippen molar-refractivity contribution < 1.29 is 52.6 Å². The number of rotatable bonds is 28. The number of hydrogen-bond acceptors (Lipinski definition) is 12. The SMILES string of the molecule is CCOC(=O)CCCCCC(=O)N[C@H](C(=O)C[C@@H](CCCNC(N)=O)C(=O)Nc1ccc(COC(=O)Nc2ccccc2CC(=O)c2ccc(CNC(=O)OCc3cccnc3)cc2)cc1)C(C)C. The second-order valence-corrected chi connectivity index (χ2v) is 16.6. The number of Topliss-reactive ketones (excluding diaryl/α,β-unsaturated/α-hetero) is 2. The van der Waals surface area contributed by atoms with E-state index >= 15 is 0 Å². The largest absolute Gasteiger partial charge is 0.466 e. The van der Waals surface area contributed by atoms with Crippen LogP contribution in [-0.2, 0) is 59.6 Å². The number of benzene rings is 3. The monoisotopic (exact) mass is 949 g/mol. The Labute approximate surface area is 402 Å². The lowest BCUT2D eigenvalue weighted by molar-refractivity contribution is -0.143. The number of ketones is 2. The summed E-state index contributed by atoms with van der Waals surface area (Å²) in [6, 6.07) is 22.3. The fraction of sp³-hybridized carbons (Fsp3) is 0.392. The first-order chi connectivity index (χ1) is 33.2. The number of alkyl carbamates (subject to hydrolysis) is 1. The molecule has 2 atom stereocenters. The van der Waals surface area contributed by atoms with Gasteiger partial charge in [-0.25, -0.2) is 14.4 Å².